The molecule has 0 saturated carbocycles. The molecule has 30 heavy (non-hydrogen) atoms. The van der Waals surface area contributed by atoms with E-state index in [1.165, 1.54) is 0 Å². The van der Waals surface area contributed by atoms with E-state index in [0.29, 0.717) is 12.1 Å². The lowest BCUT2D eigenvalue weighted by molar-refractivity contribution is -0.406. The molecule has 0 atom stereocenters. The molecule has 0 radical (unpaired) electrons. The van der Waals surface area contributed by atoms with Gasteiger partial charge in [0.05, 0.1) is 0 Å². The van der Waals surface area contributed by atoms with Crippen LogP contribution in [0, 0.1) is 0 Å². The number of Topliss-reactive ketones (excluding diaryl/α,β-unsaturated/α-hetero) is 1. The molecule has 1 rings (SSSR count). The van der Waals surface area contributed by atoms with Gasteiger partial charge in [0, 0.05) is 11.3 Å². The van der Waals surface area contributed by atoms with E-state index in [1.807, 2.05) is 0 Å². The molecule has 0 aromatic heterocycles. The summed E-state index contributed by atoms with van der Waals surface area (Å²) in [5, 5.41) is 0.945. The fourth-order valence-electron chi connectivity index (χ4n) is 1.88. The summed E-state index contributed by atoms with van der Waals surface area (Å²) in [5.74, 6) is -40.8. The molecule has 1 aromatic rings. The van der Waals surface area contributed by atoms with Crippen LogP contribution in [-0.4, -0.2) is 47.7 Å². The van der Waals surface area contributed by atoms with Gasteiger partial charge in [0.1, 0.15) is 0 Å². The lowest BCUT2D eigenvalue weighted by Crippen LogP contribution is -2.70. The van der Waals surface area contributed by atoms with Crippen LogP contribution in [0.3, 0.4) is 0 Å². The molecule has 0 spiro atoms. The molecule has 1 N–H and O–H groups in total. The molecular formula is C15H9F12NO2. The lowest BCUT2D eigenvalue weighted by atomic mass is 9.94. The molecule has 1 amide bonds. The zero-order valence-electron chi connectivity index (χ0n) is 14.2. The monoisotopic (exact) mass is 463 g/mol. The van der Waals surface area contributed by atoms with Crippen molar-refractivity contribution in [1.82, 2.24) is 0 Å². The van der Waals surface area contributed by atoms with Gasteiger partial charge in [-0.25, -0.2) is 8.78 Å². The Labute approximate surface area is 159 Å². The van der Waals surface area contributed by atoms with Gasteiger partial charge >= 0.3 is 41.9 Å². The molecular weight excluding hydrogens is 454 g/mol. The SMILES string of the molecule is CC(=O)c1ccc(NC(=O)C(F)(F)C(F)(F)C(F)(F)C(F)(F)C(F)(F)C(F)F)cc1. The Bertz CT molecular complexity index is 804. The summed E-state index contributed by atoms with van der Waals surface area (Å²) in [4.78, 5) is 22.4. The highest BCUT2D eigenvalue weighted by Crippen LogP contribution is 2.58. The van der Waals surface area contributed by atoms with Crippen LogP contribution < -0.4 is 5.32 Å². The van der Waals surface area contributed by atoms with E-state index >= 15 is 0 Å². The van der Waals surface area contributed by atoms with E-state index in [1.54, 1.807) is 0 Å². The first-order valence-corrected chi connectivity index (χ1v) is 7.34. The number of nitrogens with one attached hydrogen (secondary N) is 1. The first kappa shape index (κ1) is 25.6. The van der Waals surface area contributed by atoms with E-state index < -0.39 is 53.4 Å². The normalized spacial score (nSPS) is 14.1. The van der Waals surface area contributed by atoms with E-state index in [0.717, 1.165) is 24.4 Å². The quantitative estimate of drug-likeness (QED) is 0.422. The summed E-state index contributed by atoms with van der Waals surface area (Å²) >= 11 is 0. The minimum Gasteiger partial charge on any atom is -0.321 e. The van der Waals surface area contributed by atoms with Crippen molar-refractivity contribution in [3.05, 3.63) is 29.8 Å². The van der Waals surface area contributed by atoms with Crippen LogP contribution in [0.2, 0.25) is 0 Å². The standard InChI is InChI=1S/C15H9F12NO2/c1-6(29)7-2-4-8(5-3-7)28-10(30)12(20,21)14(24,25)15(26,27)13(22,23)11(18,19)9(16)17/h2-5,9H,1H3,(H,28,30). The van der Waals surface area contributed by atoms with Gasteiger partial charge in [0.2, 0.25) is 0 Å². The van der Waals surface area contributed by atoms with Crippen LogP contribution in [0.5, 0.6) is 0 Å². The summed E-state index contributed by atoms with van der Waals surface area (Å²) in [6.07, 6.45) is -5.63. The third kappa shape index (κ3) is 3.80. The molecule has 0 unspecified atom stereocenters. The average molecular weight is 463 g/mol. The number of ketones is 1. The molecule has 0 aliphatic heterocycles. The number of anilines is 1. The van der Waals surface area contributed by atoms with Crippen LogP contribution in [0.1, 0.15) is 17.3 Å². The van der Waals surface area contributed by atoms with Crippen molar-refractivity contribution in [2.75, 3.05) is 5.32 Å². The fraction of sp³-hybridized carbons (Fsp3) is 0.467. The maximum Gasteiger partial charge on any atom is 0.393 e. The van der Waals surface area contributed by atoms with Gasteiger partial charge < -0.3 is 5.32 Å². The van der Waals surface area contributed by atoms with Gasteiger partial charge in [0.25, 0.3) is 0 Å². The molecule has 0 heterocycles. The van der Waals surface area contributed by atoms with Gasteiger partial charge in [0.15, 0.2) is 5.78 Å². The van der Waals surface area contributed by atoms with Crippen LogP contribution in [0.15, 0.2) is 24.3 Å². The number of rotatable bonds is 8. The van der Waals surface area contributed by atoms with Gasteiger partial charge in [-0.2, -0.15) is 43.9 Å². The maximum atomic E-state index is 13.6. The van der Waals surface area contributed by atoms with Crippen molar-refractivity contribution in [3.8, 4) is 0 Å². The number of benzene rings is 1. The number of amides is 1. The smallest absolute Gasteiger partial charge is 0.321 e. The molecule has 3 nitrogen and oxygen atoms in total. The first-order valence-electron chi connectivity index (χ1n) is 7.34. The van der Waals surface area contributed by atoms with Gasteiger partial charge in [-0.3, -0.25) is 9.59 Å². The number of carbonyl (C=O) groups is 2. The summed E-state index contributed by atoms with van der Waals surface area (Å²) < 4.78 is 157. The fourth-order valence-corrected chi connectivity index (χ4v) is 1.88. The largest absolute Gasteiger partial charge is 0.393 e. The van der Waals surface area contributed by atoms with Crippen molar-refractivity contribution in [3.63, 3.8) is 0 Å². The number of halogens is 12. The number of carbonyl (C=O) groups excluding carboxylic acids is 2. The van der Waals surface area contributed by atoms with E-state index in [-0.39, 0.29) is 5.56 Å². The topological polar surface area (TPSA) is 46.2 Å². The molecule has 1 aromatic carbocycles. The highest BCUT2D eigenvalue weighted by Gasteiger charge is 2.89. The third-order valence-corrected chi connectivity index (χ3v) is 3.71. The molecule has 0 aliphatic rings. The van der Waals surface area contributed by atoms with Gasteiger partial charge in [-0.15, -0.1) is 0 Å². The summed E-state index contributed by atoms with van der Waals surface area (Å²) in [6, 6.07) is 3.08. The zero-order valence-corrected chi connectivity index (χ0v) is 14.2. The Morgan fingerprint density at radius 2 is 1.20 bits per heavy atom. The average Bonchev–Trinajstić information content (AvgIpc) is 2.61. The van der Waals surface area contributed by atoms with E-state index in [9.17, 15) is 62.3 Å². The third-order valence-electron chi connectivity index (χ3n) is 3.71. The molecule has 0 saturated heterocycles. The number of alkyl halides is 12. The van der Waals surface area contributed by atoms with E-state index in [2.05, 4.69) is 0 Å². The highest BCUT2D eigenvalue weighted by atomic mass is 19.4. The Hall–Kier alpha value is -2.48. The Kier molecular flexibility index (Phi) is 6.52. The van der Waals surface area contributed by atoms with Crippen LogP contribution in [0.25, 0.3) is 0 Å². The van der Waals surface area contributed by atoms with Crippen molar-refractivity contribution in [1.29, 1.82) is 0 Å². The van der Waals surface area contributed by atoms with Crippen LogP contribution >= 0.6 is 0 Å². The molecule has 0 fully saturated rings. The summed E-state index contributed by atoms with van der Waals surface area (Å²) in [5.41, 5.74) is -0.862. The van der Waals surface area contributed by atoms with Crippen molar-refractivity contribution in [2.45, 2.75) is 43.0 Å². The molecule has 0 bridgehead atoms. The van der Waals surface area contributed by atoms with Crippen LogP contribution in [0.4, 0.5) is 58.4 Å². The van der Waals surface area contributed by atoms with E-state index in [4.69, 9.17) is 0 Å². The maximum absolute atomic E-state index is 13.6. The second kappa shape index (κ2) is 7.65. The minimum absolute atomic E-state index is 0.0644. The first-order chi connectivity index (χ1) is 13.2. The van der Waals surface area contributed by atoms with Crippen molar-refractivity contribution < 1.29 is 62.3 Å². The second-order valence-corrected chi connectivity index (χ2v) is 5.81. The van der Waals surface area contributed by atoms with Crippen molar-refractivity contribution in [2.24, 2.45) is 0 Å². The van der Waals surface area contributed by atoms with Gasteiger partial charge in [-0.1, -0.05) is 0 Å². The second-order valence-electron chi connectivity index (χ2n) is 5.81. The van der Waals surface area contributed by atoms with Gasteiger partial charge in [-0.05, 0) is 31.2 Å². The molecule has 0 aliphatic carbocycles. The lowest BCUT2D eigenvalue weighted by Gasteiger charge is -2.38. The molecule has 170 valence electrons. The number of hydrogen-bond donors (Lipinski definition) is 1. The number of hydrogen-bond acceptors (Lipinski definition) is 2. The molecule has 15 heteroatoms. The zero-order chi connectivity index (χ0) is 23.9. The van der Waals surface area contributed by atoms with Crippen LogP contribution in [-0.2, 0) is 4.79 Å². The Morgan fingerprint density at radius 1 is 0.767 bits per heavy atom. The predicted molar refractivity (Wildman–Crippen MR) is 75.8 cm³/mol. The highest BCUT2D eigenvalue weighted by molar-refractivity contribution is 5.98. The van der Waals surface area contributed by atoms with Crippen molar-refractivity contribution >= 4 is 17.4 Å². The Balaban J connectivity index is 3.30. The predicted octanol–water partition coefficient (Wildman–Crippen LogP) is 5.27. The summed E-state index contributed by atoms with van der Waals surface area (Å²) in [6.45, 7) is 1.06. The Morgan fingerprint density at radius 3 is 1.57 bits per heavy atom. The summed E-state index contributed by atoms with van der Waals surface area (Å²) in [7, 11) is 0. The minimum atomic E-state index is -7.79.